The number of carbonyl (C=O) groups is 6. The van der Waals surface area contributed by atoms with Crippen molar-refractivity contribution in [2.45, 2.75) is 43.7 Å². The molecule has 1 aliphatic heterocycles. The minimum absolute atomic E-state index is 0.00318. The van der Waals surface area contributed by atoms with Crippen LogP contribution in [0.1, 0.15) is 52.0 Å². The highest BCUT2D eigenvalue weighted by Gasteiger charge is 2.69. The van der Waals surface area contributed by atoms with Crippen LogP contribution in [0.5, 0.6) is 5.75 Å². The van der Waals surface area contributed by atoms with Crippen LogP contribution in [-0.4, -0.2) is 107 Å². The molecule has 1 heterocycles. The third-order valence-corrected chi connectivity index (χ3v) is 9.25. The molecule has 2 unspecified atom stereocenters. The number of nitrogens with zero attached hydrogens (tertiary/aromatic N) is 2. The number of amides is 1. The first-order chi connectivity index (χ1) is 19.4. The number of fused-ring (bicyclic) bond motifs is 3. The first-order valence-electron chi connectivity index (χ1n) is 14.0. The number of benzene rings is 1. The maximum absolute atomic E-state index is 13.9. The molecule has 4 N–H and O–H groups in total. The average Bonchev–Trinajstić information content (AvgIpc) is 2.91. The minimum Gasteiger partial charge on any atom is -0.507 e. The van der Waals surface area contributed by atoms with Crippen molar-refractivity contribution in [3.63, 3.8) is 0 Å². The molecule has 3 fully saturated rings. The van der Waals surface area contributed by atoms with E-state index in [2.05, 4.69) is 4.90 Å². The summed E-state index contributed by atoms with van der Waals surface area (Å²) in [6.45, 7) is 2.59. The Balaban J connectivity index is 1.47. The Morgan fingerprint density at radius 1 is 1.10 bits per heavy atom. The van der Waals surface area contributed by atoms with Crippen molar-refractivity contribution in [1.82, 2.24) is 9.80 Å². The number of aliphatic hydroxyl groups is 1. The fourth-order valence-electron chi connectivity index (χ4n) is 7.32. The van der Waals surface area contributed by atoms with Crippen molar-refractivity contribution in [2.75, 3.05) is 40.3 Å². The van der Waals surface area contributed by atoms with Crippen LogP contribution in [0.2, 0.25) is 0 Å². The fourth-order valence-corrected chi connectivity index (χ4v) is 7.32. The van der Waals surface area contributed by atoms with Gasteiger partial charge in [0, 0.05) is 12.5 Å². The maximum Gasteiger partial charge on any atom is 0.338 e. The van der Waals surface area contributed by atoms with Gasteiger partial charge in [0.05, 0.1) is 23.1 Å². The Morgan fingerprint density at radius 2 is 1.78 bits per heavy atom. The summed E-state index contributed by atoms with van der Waals surface area (Å²) in [5.41, 5.74) is 2.62. The van der Waals surface area contributed by atoms with E-state index in [1.807, 2.05) is 0 Å². The number of nitrogens with two attached hydrogens (primary N) is 1. The van der Waals surface area contributed by atoms with Gasteiger partial charge in [-0.05, 0) is 76.5 Å². The molecule has 0 spiro atoms. The number of carbonyl (C=O) groups excluding carboxylic acids is 6. The second-order valence-corrected chi connectivity index (χ2v) is 11.8. The minimum atomic E-state index is -2.79. The maximum atomic E-state index is 13.9. The molecule has 1 saturated heterocycles. The number of Topliss-reactive ketones (excluding diaryl/α,β-unsaturated/α-hetero) is 4. The molecule has 1 aromatic carbocycles. The molecule has 0 bridgehead atoms. The van der Waals surface area contributed by atoms with Gasteiger partial charge in [-0.25, -0.2) is 4.79 Å². The Morgan fingerprint density at radius 3 is 2.41 bits per heavy atom. The van der Waals surface area contributed by atoms with E-state index in [0.717, 1.165) is 25.9 Å². The largest absolute Gasteiger partial charge is 0.507 e. The zero-order valence-electron chi connectivity index (χ0n) is 23.1. The quantitative estimate of drug-likeness (QED) is 0.297. The summed E-state index contributed by atoms with van der Waals surface area (Å²) < 4.78 is 5.52. The van der Waals surface area contributed by atoms with Gasteiger partial charge in [0.25, 0.3) is 0 Å². The lowest BCUT2D eigenvalue weighted by atomic mass is 9.52. The normalized spacial score (nSPS) is 31.9. The zero-order chi connectivity index (χ0) is 29.8. The smallest absolute Gasteiger partial charge is 0.338 e. The van der Waals surface area contributed by atoms with Crippen LogP contribution in [0.15, 0.2) is 12.1 Å². The Labute approximate surface area is 236 Å². The lowest BCUT2D eigenvalue weighted by Crippen LogP contribution is -2.74. The Hall–Kier alpha value is -3.48. The molecule has 41 heavy (non-hydrogen) atoms. The molecule has 12 heteroatoms. The number of ketones is 4. The number of aromatic hydroxyl groups is 1. The molecule has 0 radical (unpaired) electrons. The summed E-state index contributed by atoms with van der Waals surface area (Å²) in [5, 5.41) is 22.3. The van der Waals surface area contributed by atoms with Gasteiger partial charge in [-0.15, -0.1) is 0 Å². The van der Waals surface area contributed by atoms with Crippen LogP contribution in [0, 0.1) is 23.7 Å². The molecule has 3 aliphatic carbocycles. The van der Waals surface area contributed by atoms with Crippen LogP contribution in [0.4, 0.5) is 0 Å². The summed E-state index contributed by atoms with van der Waals surface area (Å²) in [6.07, 6.45) is 3.26. The molecule has 12 nitrogen and oxygen atoms in total. The monoisotopic (exact) mass is 569 g/mol. The predicted molar refractivity (Wildman–Crippen MR) is 142 cm³/mol. The molecular weight excluding hydrogens is 534 g/mol. The number of phenolic OH excluding ortho intramolecular Hbond substituents is 1. The first-order valence-corrected chi connectivity index (χ1v) is 14.0. The van der Waals surface area contributed by atoms with Crippen LogP contribution >= 0.6 is 0 Å². The molecule has 6 atom stereocenters. The van der Waals surface area contributed by atoms with Crippen LogP contribution in [0.3, 0.4) is 0 Å². The highest BCUT2D eigenvalue weighted by Crippen LogP contribution is 2.51. The van der Waals surface area contributed by atoms with E-state index in [1.165, 1.54) is 37.5 Å². The average molecular weight is 570 g/mol. The molecule has 5 rings (SSSR count). The third-order valence-electron chi connectivity index (χ3n) is 9.25. The van der Waals surface area contributed by atoms with Crippen molar-refractivity contribution in [1.29, 1.82) is 0 Å². The van der Waals surface area contributed by atoms with E-state index in [4.69, 9.17) is 10.5 Å². The van der Waals surface area contributed by atoms with Gasteiger partial charge >= 0.3 is 5.97 Å². The van der Waals surface area contributed by atoms with Gasteiger partial charge in [-0.1, -0.05) is 6.42 Å². The zero-order valence-corrected chi connectivity index (χ0v) is 23.1. The molecular formula is C29H35N3O9. The number of hydrogen-bond acceptors (Lipinski definition) is 11. The first kappa shape index (κ1) is 29.0. The topological polar surface area (TPSA) is 185 Å². The van der Waals surface area contributed by atoms with Crippen LogP contribution in [-0.2, 0) is 30.3 Å². The Bertz CT molecular complexity index is 1330. The number of phenols is 1. The lowest BCUT2D eigenvalue weighted by Gasteiger charge is -2.52. The molecule has 2 saturated carbocycles. The van der Waals surface area contributed by atoms with Gasteiger partial charge in [0.1, 0.15) is 12.4 Å². The number of ether oxygens (including phenoxy) is 1. The van der Waals surface area contributed by atoms with Gasteiger partial charge in [0.15, 0.2) is 34.7 Å². The summed E-state index contributed by atoms with van der Waals surface area (Å²) in [4.78, 5) is 83.0. The third kappa shape index (κ3) is 4.58. The van der Waals surface area contributed by atoms with E-state index >= 15 is 0 Å². The van der Waals surface area contributed by atoms with Crippen molar-refractivity contribution in [3.05, 3.63) is 28.8 Å². The number of likely N-dealkylation sites (tertiary alicyclic amines) is 1. The Kier molecular flexibility index (Phi) is 7.60. The second kappa shape index (κ2) is 10.7. The van der Waals surface area contributed by atoms with E-state index in [1.54, 1.807) is 0 Å². The van der Waals surface area contributed by atoms with Crippen LogP contribution in [0.25, 0.3) is 0 Å². The van der Waals surface area contributed by atoms with E-state index in [9.17, 15) is 39.0 Å². The molecule has 220 valence electrons. The van der Waals surface area contributed by atoms with E-state index in [0.29, 0.717) is 6.54 Å². The van der Waals surface area contributed by atoms with Gasteiger partial charge in [-0.3, -0.25) is 33.8 Å². The predicted octanol–water partition coefficient (Wildman–Crippen LogP) is -0.490. The number of hydrogen-bond donors (Lipinski definition) is 3. The highest BCUT2D eigenvalue weighted by molar-refractivity contribution is 6.32. The van der Waals surface area contributed by atoms with Crippen LogP contribution < -0.4 is 5.73 Å². The fraction of sp³-hybridized carbons (Fsp3) is 0.586. The number of piperidine rings is 1. The van der Waals surface area contributed by atoms with Crippen molar-refractivity contribution >= 4 is 35.0 Å². The van der Waals surface area contributed by atoms with E-state index < -0.39 is 76.1 Å². The lowest BCUT2D eigenvalue weighted by molar-refractivity contribution is -0.181. The van der Waals surface area contributed by atoms with E-state index in [-0.39, 0.29) is 36.1 Å². The SMILES string of the molecule is CN(C)[C@@H]1C(=O)C(C(N)=O)C(=O)[C@@]2(O)C(=O)C3C(=O)c4c(O)ccc(C(=O)OCCN5CCCCC5)c4C[C@H]3C[C@@H]12. The van der Waals surface area contributed by atoms with Crippen molar-refractivity contribution in [2.24, 2.45) is 29.4 Å². The number of likely N-dealkylation sites (N-methyl/N-ethyl adjacent to an activating group) is 1. The van der Waals surface area contributed by atoms with Gasteiger partial charge in [0.2, 0.25) is 5.91 Å². The molecule has 1 aromatic rings. The summed E-state index contributed by atoms with van der Waals surface area (Å²) in [7, 11) is 3.04. The van der Waals surface area contributed by atoms with Gasteiger partial charge in [-0.2, -0.15) is 0 Å². The molecule has 1 amide bonds. The van der Waals surface area contributed by atoms with Crippen molar-refractivity contribution in [3.8, 4) is 5.75 Å². The second-order valence-electron chi connectivity index (χ2n) is 11.8. The van der Waals surface area contributed by atoms with Gasteiger partial charge < -0.3 is 20.7 Å². The molecule has 0 aromatic heterocycles. The standard InChI is InChI=1S/C29H35N3O9/c1-31(2)22-17-13-14-12-16-15(28(39)41-11-10-32-8-4-3-5-9-32)6-7-18(33)20(16)23(34)19(14)25(36)29(17,40)26(37)21(24(22)35)27(30)38/h6-7,14,17,19,21-22,33,40H,3-5,8-13H2,1-2H3,(H2,30,38)/t14-,17-,19?,21?,22-,29-/m0/s1. The summed E-state index contributed by atoms with van der Waals surface area (Å²) in [5.74, 6) is -12.1. The number of esters is 1. The number of primary amides is 1. The highest BCUT2D eigenvalue weighted by atomic mass is 16.5. The number of rotatable bonds is 6. The summed E-state index contributed by atoms with van der Waals surface area (Å²) in [6, 6.07) is 1.36. The summed E-state index contributed by atoms with van der Waals surface area (Å²) >= 11 is 0. The van der Waals surface area contributed by atoms with Crippen molar-refractivity contribution < 1.29 is 43.7 Å². The molecule has 4 aliphatic rings.